The number of hydrogen-bond donors (Lipinski definition) is 2. The lowest BCUT2D eigenvalue weighted by molar-refractivity contribution is -0.0667. The summed E-state index contributed by atoms with van der Waals surface area (Å²) in [4.78, 5) is 14.2. The molecule has 5 nitrogen and oxygen atoms in total. The minimum absolute atomic E-state index is 0.0180. The Hall–Kier alpha value is -1.43. The van der Waals surface area contributed by atoms with Crippen LogP contribution in [-0.4, -0.2) is 47.8 Å². The Morgan fingerprint density at radius 1 is 1.47 bits per heavy atom. The van der Waals surface area contributed by atoms with E-state index in [0.717, 1.165) is 5.56 Å². The minimum Gasteiger partial charge on any atom is -0.394 e. The second-order valence-electron chi connectivity index (χ2n) is 4.85. The average Bonchev–Trinajstić information content (AvgIpc) is 2.47. The Balaban J connectivity index is 2.12. The lowest BCUT2D eigenvalue weighted by Crippen LogP contribution is -2.52. The summed E-state index contributed by atoms with van der Waals surface area (Å²) in [5.41, 5.74) is 7.18. The number of benzene rings is 1. The number of morpholine rings is 1. The maximum absolute atomic E-state index is 12.4. The van der Waals surface area contributed by atoms with Crippen molar-refractivity contribution in [2.24, 2.45) is 5.73 Å². The van der Waals surface area contributed by atoms with Crippen molar-refractivity contribution in [2.45, 2.75) is 25.6 Å². The normalized spacial score (nSPS) is 23.4. The van der Waals surface area contributed by atoms with Crippen molar-refractivity contribution in [1.29, 1.82) is 0 Å². The van der Waals surface area contributed by atoms with Crippen LogP contribution in [0.3, 0.4) is 0 Å². The summed E-state index contributed by atoms with van der Waals surface area (Å²) in [6.07, 6.45) is -0.288. The molecule has 1 aliphatic rings. The van der Waals surface area contributed by atoms with Crippen LogP contribution in [0.25, 0.3) is 0 Å². The molecular formula is C14H20N2O3. The second kappa shape index (κ2) is 6.14. The molecule has 1 fully saturated rings. The summed E-state index contributed by atoms with van der Waals surface area (Å²) in [6.45, 7) is 3.23. The van der Waals surface area contributed by atoms with Gasteiger partial charge in [-0.15, -0.1) is 0 Å². The van der Waals surface area contributed by atoms with E-state index in [2.05, 4.69) is 0 Å². The number of ether oxygens (including phenoxy) is 1. The van der Waals surface area contributed by atoms with Crippen molar-refractivity contribution in [2.75, 3.05) is 19.8 Å². The first-order valence-electron chi connectivity index (χ1n) is 6.48. The number of nitrogens with zero attached hydrogens (tertiary/aromatic N) is 1. The number of carbonyl (C=O) groups is 1. The average molecular weight is 264 g/mol. The van der Waals surface area contributed by atoms with Crippen LogP contribution >= 0.6 is 0 Å². The zero-order valence-corrected chi connectivity index (χ0v) is 11.1. The summed E-state index contributed by atoms with van der Waals surface area (Å²) >= 11 is 0. The van der Waals surface area contributed by atoms with Gasteiger partial charge in [0.15, 0.2) is 0 Å². The fraction of sp³-hybridized carbons (Fsp3) is 0.500. The third-order valence-electron chi connectivity index (χ3n) is 3.41. The molecule has 0 spiro atoms. The molecule has 1 amide bonds. The molecule has 1 aliphatic heterocycles. The molecule has 0 aromatic heterocycles. The van der Waals surface area contributed by atoms with Gasteiger partial charge in [0, 0.05) is 18.7 Å². The molecular weight excluding hydrogens is 244 g/mol. The Bertz CT molecular complexity index is 433. The van der Waals surface area contributed by atoms with Gasteiger partial charge in [0.25, 0.3) is 5.91 Å². The molecule has 0 aliphatic carbocycles. The highest BCUT2D eigenvalue weighted by atomic mass is 16.5. The summed E-state index contributed by atoms with van der Waals surface area (Å²) in [6, 6.07) is 7.33. The second-order valence-corrected chi connectivity index (χ2v) is 4.85. The molecule has 2 rings (SSSR count). The van der Waals surface area contributed by atoms with Gasteiger partial charge < -0.3 is 20.5 Å². The molecule has 19 heavy (non-hydrogen) atoms. The number of carbonyl (C=O) groups excluding carboxylic acids is 1. The SMILES string of the molecule is CC1COC(CO)CN1C(=O)c1ccc(CN)cc1. The molecule has 5 heteroatoms. The summed E-state index contributed by atoms with van der Waals surface area (Å²) in [5.74, 6) is -0.0298. The zero-order valence-electron chi connectivity index (χ0n) is 11.1. The standard InChI is InChI=1S/C14H20N2O3/c1-10-9-19-13(8-17)7-16(10)14(18)12-4-2-11(6-15)3-5-12/h2-5,10,13,17H,6-9,15H2,1H3. The third-order valence-corrected chi connectivity index (χ3v) is 3.41. The molecule has 3 N–H and O–H groups in total. The lowest BCUT2D eigenvalue weighted by atomic mass is 10.1. The van der Waals surface area contributed by atoms with Crippen LogP contribution in [0.5, 0.6) is 0 Å². The van der Waals surface area contributed by atoms with E-state index in [4.69, 9.17) is 15.6 Å². The van der Waals surface area contributed by atoms with Crippen LogP contribution in [0.15, 0.2) is 24.3 Å². The molecule has 2 unspecified atom stereocenters. The number of aliphatic hydroxyl groups is 1. The van der Waals surface area contributed by atoms with Gasteiger partial charge >= 0.3 is 0 Å². The predicted octanol–water partition coefficient (Wildman–Crippen LogP) is 0.367. The zero-order chi connectivity index (χ0) is 13.8. The van der Waals surface area contributed by atoms with Crippen LogP contribution in [0.2, 0.25) is 0 Å². The smallest absolute Gasteiger partial charge is 0.254 e. The van der Waals surface area contributed by atoms with Crippen LogP contribution in [0.1, 0.15) is 22.8 Å². The molecule has 104 valence electrons. The van der Waals surface area contributed by atoms with E-state index < -0.39 is 0 Å². The molecule has 0 radical (unpaired) electrons. The van der Waals surface area contributed by atoms with Gasteiger partial charge in [-0.05, 0) is 24.6 Å². The monoisotopic (exact) mass is 264 g/mol. The molecule has 1 aromatic carbocycles. The minimum atomic E-state index is -0.288. The van der Waals surface area contributed by atoms with Crippen LogP contribution in [-0.2, 0) is 11.3 Å². The summed E-state index contributed by atoms with van der Waals surface area (Å²) < 4.78 is 5.43. The van der Waals surface area contributed by atoms with Crippen molar-refractivity contribution in [1.82, 2.24) is 4.90 Å². The highest BCUT2D eigenvalue weighted by Gasteiger charge is 2.29. The van der Waals surface area contributed by atoms with Crippen LogP contribution < -0.4 is 5.73 Å². The van der Waals surface area contributed by atoms with Crippen molar-refractivity contribution >= 4 is 5.91 Å². The Morgan fingerprint density at radius 2 is 2.16 bits per heavy atom. The Labute approximate surface area is 113 Å². The maximum Gasteiger partial charge on any atom is 0.254 e. The molecule has 1 heterocycles. The van der Waals surface area contributed by atoms with Gasteiger partial charge in [-0.1, -0.05) is 12.1 Å². The summed E-state index contributed by atoms with van der Waals surface area (Å²) in [7, 11) is 0. The highest BCUT2D eigenvalue weighted by molar-refractivity contribution is 5.94. The number of aliphatic hydroxyl groups excluding tert-OH is 1. The van der Waals surface area contributed by atoms with Crippen molar-refractivity contribution in [3.05, 3.63) is 35.4 Å². The third kappa shape index (κ3) is 3.12. The molecule has 0 saturated carbocycles. The number of rotatable bonds is 3. The predicted molar refractivity (Wildman–Crippen MR) is 71.7 cm³/mol. The number of hydrogen-bond acceptors (Lipinski definition) is 4. The molecule has 1 aromatic rings. The fourth-order valence-corrected chi connectivity index (χ4v) is 2.16. The van der Waals surface area contributed by atoms with Gasteiger partial charge in [0.1, 0.15) is 0 Å². The van der Waals surface area contributed by atoms with Crippen molar-refractivity contribution < 1.29 is 14.6 Å². The van der Waals surface area contributed by atoms with Crippen molar-refractivity contribution in [3.63, 3.8) is 0 Å². The van der Waals surface area contributed by atoms with Gasteiger partial charge in [-0.3, -0.25) is 4.79 Å². The van der Waals surface area contributed by atoms with Gasteiger partial charge in [0.2, 0.25) is 0 Å². The van der Waals surface area contributed by atoms with Gasteiger partial charge in [-0.2, -0.15) is 0 Å². The first-order chi connectivity index (χ1) is 9.15. The van der Waals surface area contributed by atoms with E-state index in [9.17, 15) is 4.79 Å². The van der Waals surface area contributed by atoms with E-state index in [1.54, 1.807) is 17.0 Å². The topological polar surface area (TPSA) is 75.8 Å². The summed E-state index contributed by atoms with van der Waals surface area (Å²) in [5, 5.41) is 9.14. The van der Waals surface area contributed by atoms with Crippen molar-refractivity contribution in [3.8, 4) is 0 Å². The highest BCUT2D eigenvalue weighted by Crippen LogP contribution is 2.16. The van der Waals surface area contributed by atoms with E-state index in [1.165, 1.54) is 0 Å². The number of nitrogens with two attached hydrogens (primary N) is 1. The van der Waals surface area contributed by atoms with Gasteiger partial charge in [-0.25, -0.2) is 0 Å². The first kappa shape index (κ1) is 14.0. The van der Waals surface area contributed by atoms with Crippen LogP contribution in [0.4, 0.5) is 0 Å². The number of amides is 1. The molecule has 0 bridgehead atoms. The molecule has 2 atom stereocenters. The maximum atomic E-state index is 12.4. The Morgan fingerprint density at radius 3 is 2.74 bits per heavy atom. The Kier molecular flexibility index (Phi) is 4.52. The quantitative estimate of drug-likeness (QED) is 0.827. The molecule has 1 saturated heterocycles. The fourth-order valence-electron chi connectivity index (χ4n) is 2.16. The van der Waals surface area contributed by atoms with E-state index in [0.29, 0.717) is 25.3 Å². The largest absolute Gasteiger partial charge is 0.394 e. The van der Waals surface area contributed by atoms with Crippen LogP contribution in [0, 0.1) is 0 Å². The van der Waals surface area contributed by atoms with Gasteiger partial charge in [0.05, 0.1) is 25.4 Å². The first-order valence-corrected chi connectivity index (χ1v) is 6.48. The van der Waals surface area contributed by atoms with E-state index >= 15 is 0 Å². The van der Waals surface area contributed by atoms with E-state index in [-0.39, 0.29) is 24.7 Å². The lowest BCUT2D eigenvalue weighted by Gasteiger charge is -2.37. The van der Waals surface area contributed by atoms with E-state index in [1.807, 2.05) is 19.1 Å².